The van der Waals surface area contributed by atoms with Crippen LogP contribution in [-0.4, -0.2) is 29.4 Å². The Morgan fingerprint density at radius 3 is 2.42 bits per heavy atom. The Labute approximate surface area is 140 Å². The summed E-state index contributed by atoms with van der Waals surface area (Å²) in [5.41, 5.74) is 2.00. The van der Waals surface area contributed by atoms with Crippen molar-refractivity contribution in [2.24, 2.45) is 0 Å². The van der Waals surface area contributed by atoms with Gasteiger partial charge in [0, 0.05) is 16.6 Å². The Morgan fingerprint density at radius 1 is 1.08 bits per heavy atom. The number of ether oxygens (including phenoxy) is 2. The largest absolute Gasteiger partial charge is 0.497 e. The molecule has 1 aromatic heterocycles. The molecule has 124 valence electrons. The summed E-state index contributed by atoms with van der Waals surface area (Å²) in [4.78, 5) is 11.5. The quantitative estimate of drug-likeness (QED) is 0.750. The highest BCUT2D eigenvalue weighted by atomic mass is 16.5. The van der Waals surface area contributed by atoms with Crippen LogP contribution in [0, 0.1) is 6.92 Å². The van der Waals surface area contributed by atoms with Crippen LogP contribution >= 0.6 is 0 Å². The topological polar surface area (TPSA) is 60.7 Å². The van der Waals surface area contributed by atoms with Gasteiger partial charge in [0.25, 0.3) is 0 Å². The van der Waals surface area contributed by atoms with Gasteiger partial charge in [-0.25, -0.2) is 4.79 Å². The number of nitrogens with zero attached hydrogens (tertiary/aromatic N) is 1. The first-order chi connectivity index (χ1) is 11.6. The molecule has 0 bridgehead atoms. The molecule has 0 aliphatic rings. The summed E-state index contributed by atoms with van der Waals surface area (Å²) < 4.78 is 12.9. The molecule has 0 aliphatic carbocycles. The number of carboxylic acids is 1. The Bertz CT molecular complexity index is 865. The van der Waals surface area contributed by atoms with E-state index in [1.165, 1.54) is 0 Å². The number of para-hydroxylation sites is 1. The Kier molecular flexibility index (Phi) is 4.42. The van der Waals surface area contributed by atoms with Gasteiger partial charge in [-0.15, -0.1) is 0 Å². The summed E-state index contributed by atoms with van der Waals surface area (Å²) in [6, 6.07) is 14.9. The summed E-state index contributed by atoms with van der Waals surface area (Å²) >= 11 is 0. The molecule has 5 nitrogen and oxygen atoms in total. The lowest BCUT2D eigenvalue weighted by Crippen LogP contribution is -2.10. The van der Waals surface area contributed by atoms with E-state index in [2.05, 4.69) is 0 Å². The van der Waals surface area contributed by atoms with Crippen molar-refractivity contribution >= 4 is 16.9 Å². The van der Waals surface area contributed by atoms with Gasteiger partial charge in [0.05, 0.1) is 19.2 Å². The summed E-state index contributed by atoms with van der Waals surface area (Å²) in [5, 5.41) is 10.2. The summed E-state index contributed by atoms with van der Waals surface area (Å²) in [6.45, 7) is 2.85. The fourth-order valence-electron chi connectivity index (χ4n) is 2.92. The maximum atomic E-state index is 11.5. The van der Waals surface area contributed by atoms with Crippen molar-refractivity contribution in [3.63, 3.8) is 0 Å². The van der Waals surface area contributed by atoms with Gasteiger partial charge in [-0.2, -0.15) is 0 Å². The van der Waals surface area contributed by atoms with E-state index in [-0.39, 0.29) is 0 Å². The van der Waals surface area contributed by atoms with Gasteiger partial charge in [0.15, 0.2) is 0 Å². The van der Waals surface area contributed by atoms with Gasteiger partial charge in [-0.05, 0) is 37.3 Å². The molecule has 1 N–H and O–H groups in total. The molecule has 5 heteroatoms. The third kappa shape index (κ3) is 2.93. The number of carboxylic acid groups (broad SMARTS) is 1. The van der Waals surface area contributed by atoms with Crippen molar-refractivity contribution in [1.82, 2.24) is 4.57 Å². The zero-order chi connectivity index (χ0) is 17.1. The van der Waals surface area contributed by atoms with Crippen molar-refractivity contribution < 1.29 is 19.4 Å². The predicted octanol–water partition coefficient (Wildman–Crippen LogP) is 3.74. The molecular weight excluding hydrogens is 306 g/mol. The molecule has 3 aromatic rings. The van der Waals surface area contributed by atoms with Crippen LogP contribution in [0.3, 0.4) is 0 Å². The molecule has 0 spiro atoms. The van der Waals surface area contributed by atoms with Gasteiger partial charge >= 0.3 is 5.97 Å². The first-order valence-electron chi connectivity index (χ1n) is 7.70. The molecule has 3 rings (SSSR count). The fraction of sp³-hybridized carbons (Fsp3) is 0.211. The molecule has 0 fully saturated rings. The molecule has 1 heterocycles. The van der Waals surface area contributed by atoms with Gasteiger partial charge in [-0.1, -0.05) is 18.2 Å². The van der Waals surface area contributed by atoms with Crippen LogP contribution in [0.5, 0.6) is 11.5 Å². The average Bonchev–Trinajstić information content (AvgIpc) is 2.87. The van der Waals surface area contributed by atoms with E-state index in [0.29, 0.717) is 18.7 Å². The van der Waals surface area contributed by atoms with Crippen LogP contribution in [0.1, 0.15) is 16.1 Å². The summed E-state index contributed by atoms with van der Waals surface area (Å²) in [7, 11) is 1.62. The average molecular weight is 325 g/mol. The maximum Gasteiger partial charge on any atom is 0.338 e. The van der Waals surface area contributed by atoms with Crippen LogP contribution in [0.2, 0.25) is 0 Å². The molecule has 0 unspecified atom stereocenters. The third-order valence-electron chi connectivity index (χ3n) is 4.09. The van der Waals surface area contributed by atoms with Gasteiger partial charge in [-0.3, -0.25) is 0 Å². The van der Waals surface area contributed by atoms with Crippen molar-refractivity contribution in [1.29, 1.82) is 0 Å². The van der Waals surface area contributed by atoms with E-state index >= 15 is 0 Å². The second-order valence-corrected chi connectivity index (χ2v) is 5.46. The van der Waals surface area contributed by atoms with E-state index in [1.54, 1.807) is 7.11 Å². The van der Waals surface area contributed by atoms with Gasteiger partial charge in [0.1, 0.15) is 18.1 Å². The van der Waals surface area contributed by atoms with Crippen LogP contribution in [0.15, 0.2) is 48.5 Å². The second kappa shape index (κ2) is 6.66. The number of carbonyl (C=O) groups is 1. The SMILES string of the molecule is COc1ccc(OCCn2c(C)c(C(=O)O)c3ccccc32)cc1. The minimum atomic E-state index is -0.904. The third-order valence-corrected chi connectivity index (χ3v) is 4.09. The Morgan fingerprint density at radius 2 is 1.75 bits per heavy atom. The highest BCUT2D eigenvalue weighted by Crippen LogP contribution is 2.26. The van der Waals surface area contributed by atoms with E-state index < -0.39 is 5.97 Å². The van der Waals surface area contributed by atoms with E-state index in [0.717, 1.165) is 28.1 Å². The lowest BCUT2D eigenvalue weighted by molar-refractivity contribution is 0.0698. The van der Waals surface area contributed by atoms with Crippen molar-refractivity contribution in [2.75, 3.05) is 13.7 Å². The monoisotopic (exact) mass is 325 g/mol. The zero-order valence-corrected chi connectivity index (χ0v) is 13.7. The summed E-state index contributed by atoms with van der Waals surface area (Å²) in [5.74, 6) is 0.627. The number of rotatable bonds is 6. The number of benzene rings is 2. The van der Waals surface area contributed by atoms with Gasteiger partial charge < -0.3 is 19.1 Å². The minimum Gasteiger partial charge on any atom is -0.497 e. The molecule has 0 aliphatic heterocycles. The van der Waals surface area contributed by atoms with E-state index in [4.69, 9.17) is 9.47 Å². The van der Waals surface area contributed by atoms with Crippen LogP contribution in [0.25, 0.3) is 10.9 Å². The highest BCUT2D eigenvalue weighted by Gasteiger charge is 2.18. The first kappa shape index (κ1) is 15.9. The minimum absolute atomic E-state index is 0.357. The van der Waals surface area contributed by atoms with E-state index in [9.17, 15) is 9.90 Å². The number of aromatic nitrogens is 1. The molecule has 0 saturated heterocycles. The smallest absolute Gasteiger partial charge is 0.338 e. The lowest BCUT2D eigenvalue weighted by Gasteiger charge is -2.10. The van der Waals surface area contributed by atoms with Crippen LogP contribution in [-0.2, 0) is 6.54 Å². The van der Waals surface area contributed by atoms with Crippen molar-refractivity contribution in [3.8, 4) is 11.5 Å². The fourth-order valence-corrected chi connectivity index (χ4v) is 2.92. The zero-order valence-electron chi connectivity index (χ0n) is 13.7. The first-order valence-corrected chi connectivity index (χ1v) is 7.70. The van der Waals surface area contributed by atoms with Crippen molar-refractivity contribution in [3.05, 3.63) is 59.8 Å². The van der Waals surface area contributed by atoms with Crippen LogP contribution in [0.4, 0.5) is 0 Å². The molecule has 24 heavy (non-hydrogen) atoms. The predicted molar refractivity (Wildman–Crippen MR) is 92.1 cm³/mol. The molecule has 0 amide bonds. The number of hydrogen-bond donors (Lipinski definition) is 1. The molecule has 0 radical (unpaired) electrons. The maximum absolute atomic E-state index is 11.5. The number of hydrogen-bond acceptors (Lipinski definition) is 3. The van der Waals surface area contributed by atoms with Crippen LogP contribution < -0.4 is 9.47 Å². The highest BCUT2D eigenvalue weighted by molar-refractivity contribution is 6.05. The lowest BCUT2D eigenvalue weighted by atomic mass is 10.1. The van der Waals surface area contributed by atoms with E-state index in [1.807, 2.05) is 60.0 Å². The molecule has 0 saturated carbocycles. The Balaban J connectivity index is 1.80. The number of methoxy groups -OCH3 is 1. The molecule has 2 aromatic carbocycles. The number of aromatic carboxylic acids is 1. The molecule has 0 atom stereocenters. The van der Waals surface area contributed by atoms with Crippen molar-refractivity contribution in [2.45, 2.75) is 13.5 Å². The molecular formula is C19H19NO4. The summed E-state index contributed by atoms with van der Waals surface area (Å²) in [6.07, 6.45) is 0. The standard InChI is InChI=1S/C19H19NO4/c1-13-18(19(21)22)16-5-3-4-6-17(16)20(13)11-12-24-15-9-7-14(23-2)8-10-15/h3-10H,11-12H2,1-2H3,(H,21,22). The van der Waals surface area contributed by atoms with Gasteiger partial charge in [0.2, 0.25) is 0 Å². The normalized spacial score (nSPS) is 10.8. The Hall–Kier alpha value is -2.95. The number of fused-ring (bicyclic) bond motifs is 1. The second-order valence-electron chi connectivity index (χ2n) is 5.46.